The molecule has 2 aromatic carbocycles. The van der Waals surface area contributed by atoms with Crippen LogP contribution in [-0.4, -0.2) is 23.3 Å². The Kier molecular flexibility index (Phi) is 5.26. The van der Waals surface area contributed by atoms with Crippen molar-refractivity contribution < 1.29 is 13.9 Å². The Bertz CT molecular complexity index is 1260. The molecule has 0 saturated carbocycles. The summed E-state index contributed by atoms with van der Waals surface area (Å²) >= 11 is 1.50. The van der Waals surface area contributed by atoms with Crippen molar-refractivity contribution in [2.75, 3.05) is 18.2 Å². The van der Waals surface area contributed by atoms with E-state index in [0.29, 0.717) is 18.7 Å². The standard InChI is InChI=1S/C24H20FN3O2S/c1-16-7-8-19(20(25)9-16)22-10-21-23(31-22)24(27-14-26-21)28(12-18-13-29-15-30-18)11-17-5-3-2-4-6-17/h2-10,13-14H,11-12,15H2,1H3. The topological polar surface area (TPSA) is 47.5 Å². The van der Waals surface area contributed by atoms with E-state index in [4.69, 9.17) is 9.47 Å². The predicted octanol–water partition coefficient (Wildman–Crippen LogP) is 5.66. The zero-order chi connectivity index (χ0) is 21.2. The Morgan fingerprint density at radius 1 is 1.06 bits per heavy atom. The Morgan fingerprint density at radius 2 is 1.94 bits per heavy atom. The smallest absolute Gasteiger partial charge is 0.229 e. The minimum absolute atomic E-state index is 0.226. The van der Waals surface area contributed by atoms with E-state index in [1.54, 1.807) is 18.7 Å². The van der Waals surface area contributed by atoms with Gasteiger partial charge in [-0.25, -0.2) is 14.4 Å². The van der Waals surface area contributed by atoms with Crippen LogP contribution in [-0.2, 0) is 16.0 Å². The summed E-state index contributed by atoms with van der Waals surface area (Å²) in [5.74, 6) is 1.29. The van der Waals surface area contributed by atoms with Gasteiger partial charge in [0, 0.05) is 17.0 Å². The van der Waals surface area contributed by atoms with Crippen molar-refractivity contribution in [2.45, 2.75) is 13.5 Å². The lowest BCUT2D eigenvalue weighted by atomic mass is 10.1. The van der Waals surface area contributed by atoms with Crippen LogP contribution in [0.4, 0.5) is 10.2 Å². The molecule has 2 aromatic heterocycles. The quantitative estimate of drug-likeness (QED) is 0.393. The summed E-state index contributed by atoms with van der Waals surface area (Å²) in [5, 5.41) is 0. The number of anilines is 1. The summed E-state index contributed by atoms with van der Waals surface area (Å²) in [6.07, 6.45) is 3.19. The van der Waals surface area contributed by atoms with Gasteiger partial charge in [0.1, 0.15) is 18.4 Å². The average Bonchev–Trinajstić information content (AvgIpc) is 3.43. The van der Waals surface area contributed by atoms with Gasteiger partial charge in [-0.2, -0.15) is 0 Å². The summed E-state index contributed by atoms with van der Waals surface area (Å²) in [5.41, 5.74) is 3.41. The SMILES string of the molecule is Cc1ccc(-c2cc3ncnc(N(CC4=COCO4)Cc4ccccc4)c3s2)c(F)c1. The molecule has 0 saturated heterocycles. The van der Waals surface area contributed by atoms with Crippen molar-refractivity contribution >= 4 is 27.4 Å². The highest BCUT2D eigenvalue weighted by Gasteiger charge is 2.20. The van der Waals surface area contributed by atoms with Crippen molar-refractivity contribution in [3.8, 4) is 10.4 Å². The van der Waals surface area contributed by atoms with Gasteiger partial charge in [-0.3, -0.25) is 0 Å². The molecule has 0 radical (unpaired) electrons. The van der Waals surface area contributed by atoms with E-state index < -0.39 is 0 Å². The Morgan fingerprint density at radius 3 is 2.71 bits per heavy atom. The molecule has 0 bridgehead atoms. The van der Waals surface area contributed by atoms with E-state index in [9.17, 15) is 4.39 Å². The van der Waals surface area contributed by atoms with Gasteiger partial charge in [-0.15, -0.1) is 11.3 Å². The molecule has 156 valence electrons. The first-order valence-electron chi connectivity index (χ1n) is 9.91. The second kappa shape index (κ2) is 8.35. The van der Waals surface area contributed by atoms with Gasteiger partial charge in [0.2, 0.25) is 6.79 Å². The number of fused-ring (bicyclic) bond motifs is 1. The van der Waals surface area contributed by atoms with E-state index in [1.165, 1.54) is 11.3 Å². The summed E-state index contributed by atoms with van der Waals surface area (Å²) in [7, 11) is 0. The molecule has 0 fully saturated rings. The molecule has 7 heteroatoms. The van der Waals surface area contributed by atoms with E-state index in [1.807, 2.05) is 43.3 Å². The van der Waals surface area contributed by atoms with Crippen LogP contribution in [0.2, 0.25) is 0 Å². The number of aromatic nitrogens is 2. The first-order valence-corrected chi connectivity index (χ1v) is 10.7. The molecular weight excluding hydrogens is 413 g/mol. The fraction of sp³-hybridized carbons (Fsp3) is 0.167. The van der Waals surface area contributed by atoms with Crippen molar-refractivity contribution in [1.82, 2.24) is 9.97 Å². The zero-order valence-corrected chi connectivity index (χ0v) is 17.7. The molecule has 4 aromatic rings. The highest BCUT2D eigenvalue weighted by Crippen LogP contribution is 2.38. The highest BCUT2D eigenvalue weighted by atomic mass is 32.1. The number of aryl methyl sites for hydroxylation is 1. The molecule has 5 rings (SSSR count). The summed E-state index contributed by atoms with van der Waals surface area (Å²) in [4.78, 5) is 12.0. The number of benzene rings is 2. The second-order valence-corrected chi connectivity index (χ2v) is 8.41. The van der Waals surface area contributed by atoms with Gasteiger partial charge in [0.05, 0.1) is 16.8 Å². The summed E-state index contributed by atoms with van der Waals surface area (Å²) < 4.78 is 26.3. The third-order valence-corrected chi connectivity index (χ3v) is 6.23. The molecule has 0 N–H and O–H groups in total. The van der Waals surface area contributed by atoms with E-state index in [-0.39, 0.29) is 12.6 Å². The third kappa shape index (κ3) is 4.09. The largest absolute Gasteiger partial charge is 0.462 e. The van der Waals surface area contributed by atoms with Crippen molar-refractivity contribution in [1.29, 1.82) is 0 Å². The van der Waals surface area contributed by atoms with Crippen molar-refractivity contribution in [3.05, 3.63) is 89.9 Å². The molecule has 0 amide bonds. The Balaban J connectivity index is 1.57. The van der Waals surface area contributed by atoms with E-state index in [0.717, 1.165) is 37.8 Å². The Labute approximate surface area is 183 Å². The number of rotatable bonds is 6. The normalized spacial score (nSPS) is 13.0. The number of thiophene rings is 1. The lowest BCUT2D eigenvalue weighted by Gasteiger charge is -2.24. The number of nitrogens with zero attached hydrogens (tertiary/aromatic N) is 3. The van der Waals surface area contributed by atoms with Crippen LogP contribution in [0.25, 0.3) is 20.7 Å². The molecule has 1 aliphatic rings. The van der Waals surface area contributed by atoms with E-state index in [2.05, 4.69) is 27.0 Å². The monoisotopic (exact) mass is 433 g/mol. The fourth-order valence-electron chi connectivity index (χ4n) is 3.57. The van der Waals surface area contributed by atoms with Crippen LogP contribution in [0.1, 0.15) is 11.1 Å². The summed E-state index contributed by atoms with van der Waals surface area (Å²) in [6, 6.07) is 17.4. The van der Waals surface area contributed by atoms with Gasteiger partial charge in [-0.05, 0) is 30.2 Å². The number of halogens is 1. The maximum atomic E-state index is 14.6. The number of hydrogen-bond acceptors (Lipinski definition) is 6. The van der Waals surface area contributed by atoms with Crippen LogP contribution in [0.15, 0.2) is 72.9 Å². The second-order valence-electron chi connectivity index (χ2n) is 7.36. The summed E-state index contributed by atoms with van der Waals surface area (Å²) in [6.45, 7) is 3.25. The first-order chi connectivity index (χ1) is 15.2. The van der Waals surface area contributed by atoms with Crippen LogP contribution in [0.5, 0.6) is 0 Å². The van der Waals surface area contributed by atoms with Gasteiger partial charge in [0.15, 0.2) is 11.6 Å². The maximum Gasteiger partial charge on any atom is 0.229 e. The van der Waals surface area contributed by atoms with Crippen molar-refractivity contribution in [2.24, 2.45) is 0 Å². The minimum atomic E-state index is -0.233. The van der Waals surface area contributed by atoms with Crippen LogP contribution < -0.4 is 4.90 Å². The average molecular weight is 434 g/mol. The van der Waals surface area contributed by atoms with Crippen molar-refractivity contribution in [3.63, 3.8) is 0 Å². The van der Waals surface area contributed by atoms with Gasteiger partial charge in [0.25, 0.3) is 0 Å². The number of hydrogen-bond donors (Lipinski definition) is 0. The predicted molar refractivity (Wildman–Crippen MR) is 120 cm³/mol. The molecule has 31 heavy (non-hydrogen) atoms. The number of ether oxygens (including phenoxy) is 2. The lowest BCUT2D eigenvalue weighted by molar-refractivity contribution is 0.0797. The first kappa shape index (κ1) is 19.5. The van der Waals surface area contributed by atoms with Crippen LogP contribution in [0.3, 0.4) is 0 Å². The molecule has 3 heterocycles. The fourth-order valence-corrected chi connectivity index (χ4v) is 4.73. The maximum absolute atomic E-state index is 14.6. The lowest BCUT2D eigenvalue weighted by Crippen LogP contribution is -2.26. The highest BCUT2D eigenvalue weighted by molar-refractivity contribution is 7.22. The molecule has 1 aliphatic heterocycles. The molecule has 0 atom stereocenters. The third-order valence-electron chi connectivity index (χ3n) is 5.07. The molecule has 0 unspecified atom stereocenters. The molecular formula is C24H20FN3O2S. The molecule has 5 nitrogen and oxygen atoms in total. The van der Waals surface area contributed by atoms with Gasteiger partial charge < -0.3 is 14.4 Å². The van der Waals surface area contributed by atoms with Gasteiger partial charge in [-0.1, -0.05) is 42.5 Å². The molecule has 0 aliphatic carbocycles. The molecule has 0 spiro atoms. The zero-order valence-electron chi connectivity index (χ0n) is 16.9. The van der Waals surface area contributed by atoms with Gasteiger partial charge >= 0.3 is 0 Å². The van der Waals surface area contributed by atoms with E-state index >= 15 is 0 Å². The van der Waals surface area contributed by atoms with Crippen LogP contribution in [0, 0.1) is 12.7 Å². The van der Waals surface area contributed by atoms with Crippen LogP contribution >= 0.6 is 11.3 Å². The Hall–Kier alpha value is -3.45. The minimum Gasteiger partial charge on any atom is -0.462 e.